The fraction of sp³-hybridized carbons (Fsp3) is 0.368. The Morgan fingerprint density at radius 1 is 1.24 bits per heavy atom. The number of thiophene rings is 1. The molecule has 0 saturated carbocycles. The van der Waals surface area contributed by atoms with E-state index in [0.29, 0.717) is 5.56 Å². The number of carbonyl (C=O) groups is 1. The van der Waals surface area contributed by atoms with Crippen LogP contribution in [-0.2, 0) is 11.3 Å². The van der Waals surface area contributed by atoms with E-state index in [0.717, 1.165) is 38.4 Å². The van der Waals surface area contributed by atoms with Gasteiger partial charge in [0.1, 0.15) is 0 Å². The number of hydrogen-bond donors (Lipinski definition) is 1. The van der Waals surface area contributed by atoms with E-state index in [1.54, 1.807) is 35.6 Å². The van der Waals surface area contributed by atoms with Crippen LogP contribution in [0.1, 0.15) is 18.1 Å². The van der Waals surface area contributed by atoms with Crippen molar-refractivity contribution in [1.29, 1.82) is 5.26 Å². The molecule has 5 nitrogen and oxygen atoms in total. The van der Waals surface area contributed by atoms with Gasteiger partial charge in [-0.05, 0) is 53.6 Å². The number of nitrogens with zero attached hydrogens (tertiary/aromatic N) is 3. The number of amides is 1. The summed E-state index contributed by atoms with van der Waals surface area (Å²) in [6.07, 6.45) is 0. The van der Waals surface area contributed by atoms with Crippen LogP contribution in [0.15, 0.2) is 41.1 Å². The Labute approximate surface area is 152 Å². The maximum absolute atomic E-state index is 12.5. The molecule has 0 spiro atoms. The third kappa shape index (κ3) is 4.67. The SMILES string of the molecule is CC(C(=O)Nc1ccc(C#N)cc1)N1CCN(Cc2ccsc2)CC1. The molecule has 0 aliphatic carbocycles. The molecular formula is C19H22N4OS. The van der Waals surface area contributed by atoms with Crippen LogP contribution in [0.5, 0.6) is 0 Å². The van der Waals surface area contributed by atoms with Crippen molar-refractivity contribution in [3.05, 3.63) is 52.2 Å². The number of carbonyl (C=O) groups excluding carboxylic acids is 1. The highest BCUT2D eigenvalue weighted by Crippen LogP contribution is 2.14. The molecule has 130 valence electrons. The minimum atomic E-state index is -0.168. The molecule has 1 amide bonds. The summed E-state index contributed by atoms with van der Waals surface area (Å²) < 4.78 is 0. The zero-order valence-electron chi connectivity index (χ0n) is 14.3. The van der Waals surface area contributed by atoms with Gasteiger partial charge >= 0.3 is 0 Å². The fourth-order valence-electron chi connectivity index (χ4n) is 2.99. The fourth-order valence-corrected chi connectivity index (χ4v) is 3.65. The first kappa shape index (κ1) is 17.6. The van der Waals surface area contributed by atoms with E-state index in [2.05, 4.69) is 38.0 Å². The van der Waals surface area contributed by atoms with Crippen LogP contribution in [0.2, 0.25) is 0 Å². The average molecular weight is 354 g/mol. The molecule has 25 heavy (non-hydrogen) atoms. The van der Waals surface area contributed by atoms with E-state index < -0.39 is 0 Å². The Balaban J connectivity index is 1.48. The van der Waals surface area contributed by atoms with Crippen molar-refractivity contribution in [3.8, 4) is 6.07 Å². The van der Waals surface area contributed by atoms with Crippen LogP contribution in [0.3, 0.4) is 0 Å². The highest BCUT2D eigenvalue weighted by atomic mass is 32.1. The molecule has 1 aromatic heterocycles. The van der Waals surface area contributed by atoms with Crippen molar-refractivity contribution in [3.63, 3.8) is 0 Å². The van der Waals surface area contributed by atoms with Crippen LogP contribution in [-0.4, -0.2) is 47.9 Å². The molecule has 1 N–H and O–H groups in total. The molecule has 3 rings (SSSR count). The zero-order chi connectivity index (χ0) is 17.6. The number of hydrogen-bond acceptors (Lipinski definition) is 5. The van der Waals surface area contributed by atoms with Crippen LogP contribution < -0.4 is 5.32 Å². The Kier molecular flexibility index (Phi) is 5.82. The second-order valence-corrected chi connectivity index (χ2v) is 7.08. The van der Waals surface area contributed by atoms with Gasteiger partial charge in [0.05, 0.1) is 17.7 Å². The lowest BCUT2D eigenvalue weighted by Crippen LogP contribution is -2.52. The molecule has 0 radical (unpaired) electrons. The van der Waals surface area contributed by atoms with Gasteiger partial charge < -0.3 is 5.32 Å². The second-order valence-electron chi connectivity index (χ2n) is 6.30. The molecule has 2 heterocycles. The largest absolute Gasteiger partial charge is 0.325 e. The summed E-state index contributed by atoms with van der Waals surface area (Å²) in [7, 11) is 0. The van der Waals surface area contributed by atoms with Gasteiger partial charge in [0.25, 0.3) is 0 Å². The maximum Gasteiger partial charge on any atom is 0.241 e. The molecule has 0 bridgehead atoms. The summed E-state index contributed by atoms with van der Waals surface area (Å²) in [5.41, 5.74) is 2.68. The van der Waals surface area contributed by atoms with Crippen molar-refractivity contribution in [1.82, 2.24) is 9.80 Å². The summed E-state index contributed by atoms with van der Waals surface area (Å²) >= 11 is 1.73. The van der Waals surface area contributed by atoms with Crippen molar-refractivity contribution in [2.45, 2.75) is 19.5 Å². The standard InChI is InChI=1S/C19H22N4OS/c1-15(19(24)21-18-4-2-16(12-20)3-5-18)23-9-7-22(8-10-23)13-17-6-11-25-14-17/h2-6,11,14-15H,7-10,13H2,1H3,(H,21,24). The second kappa shape index (κ2) is 8.26. The Bertz CT molecular complexity index is 728. The van der Waals surface area contributed by atoms with Crippen LogP contribution in [0, 0.1) is 11.3 Å². The molecule has 1 aliphatic heterocycles. The Morgan fingerprint density at radius 3 is 2.56 bits per heavy atom. The molecule has 1 atom stereocenters. The topological polar surface area (TPSA) is 59.4 Å². The highest BCUT2D eigenvalue weighted by Gasteiger charge is 2.25. The Morgan fingerprint density at radius 2 is 1.96 bits per heavy atom. The lowest BCUT2D eigenvalue weighted by molar-refractivity contribution is -0.121. The van der Waals surface area contributed by atoms with E-state index in [9.17, 15) is 4.79 Å². The molecule has 1 fully saturated rings. The van der Waals surface area contributed by atoms with Crippen molar-refractivity contribution in [2.24, 2.45) is 0 Å². The maximum atomic E-state index is 12.5. The molecule has 1 unspecified atom stereocenters. The van der Waals surface area contributed by atoms with Gasteiger partial charge in [0.15, 0.2) is 0 Å². The molecule has 1 aromatic carbocycles. The first-order valence-electron chi connectivity index (χ1n) is 8.44. The molecule has 2 aromatic rings. The van der Waals surface area contributed by atoms with E-state index in [-0.39, 0.29) is 11.9 Å². The van der Waals surface area contributed by atoms with Crippen molar-refractivity contribution in [2.75, 3.05) is 31.5 Å². The minimum absolute atomic E-state index is 0.00371. The monoisotopic (exact) mass is 354 g/mol. The van der Waals surface area contributed by atoms with Gasteiger partial charge in [-0.25, -0.2) is 0 Å². The van der Waals surface area contributed by atoms with Gasteiger partial charge in [-0.15, -0.1) is 0 Å². The zero-order valence-corrected chi connectivity index (χ0v) is 15.1. The van der Waals surface area contributed by atoms with Gasteiger partial charge in [0.2, 0.25) is 5.91 Å². The molecule has 1 aliphatic rings. The van der Waals surface area contributed by atoms with E-state index in [1.807, 2.05) is 6.92 Å². The quantitative estimate of drug-likeness (QED) is 0.897. The lowest BCUT2D eigenvalue weighted by Gasteiger charge is -2.37. The number of rotatable bonds is 5. The average Bonchev–Trinajstić information content (AvgIpc) is 3.15. The minimum Gasteiger partial charge on any atom is -0.325 e. The third-order valence-corrected chi connectivity index (χ3v) is 5.33. The van der Waals surface area contributed by atoms with Gasteiger partial charge in [0, 0.05) is 38.4 Å². The molecular weight excluding hydrogens is 332 g/mol. The van der Waals surface area contributed by atoms with Crippen LogP contribution in [0.25, 0.3) is 0 Å². The van der Waals surface area contributed by atoms with E-state index >= 15 is 0 Å². The molecule has 6 heteroatoms. The van der Waals surface area contributed by atoms with E-state index in [1.165, 1.54) is 5.56 Å². The van der Waals surface area contributed by atoms with Crippen LogP contribution >= 0.6 is 11.3 Å². The summed E-state index contributed by atoms with van der Waals surface area (Å²) in [4.78, 5) is 17.1. The summed E-state index contributed by atoms with van der Waals surface area (Å²) in [6.45, 7) is 6.68. The Hall–Kier alpha value is -2.20. The van der Waals surface area contributed by atoms with Crippen molar-refractivity contribution >= 4 is 22.9 Å². The summed E-state index contributed by atoms with van der Waals surface area (Å²) in [5.74, 6) is -0.00371. The number of nitriles is 1. The summed E-state index contributed by atoms with van der Waals surface area (Å²) in [5, 5.41) is 16.1. The number of benzene rings is 1. The predicted octanol–water partition coefficient (Wildman–Crippen LogP) is 2.76. The first-order chi connectivity index (χ1) is 12.2. The number of piperazine rings is 1. The van der Waals surface area contributed by atoms with Gasteiger partial charge in [-0.3, -0.25) is 14.6 Å². The lowest BCUT2D eigenvalue weighted by atomic mass is 10.2. The first-order valence-corrected chi connectivity index (χ1v) is 9.38. The third-order valence-electron chi connectivity index (χ3n) is 4.60. The number of anilines is 1. The summed E-state index contributed by atoms with van der Waals surface area (Å²) in [6, 6.07) is 11.0. The van der Waals surface area contributed by atoms with Crippen LogP contribution in [0.4, 0.5) is 5.69 Å². The highest BCUT2D eigenvalue weighted by molar-refractivity contribution is 7.07. The van der Waals surface area contributed by atoms with Gasteiger partial charge in [-0.2, -0.15) is 16.6 Å². The normalized spacial score (nSPS) is 17.0. The van der Waals surface area contributed by atoms with E-state index in [4.69, 9.17) is 5.26 Å². The number of nitrogens with one attached hydrogen (secondary N) is 1. The van der Waals surface area contributed by atoms with Gasteiger partial charge in [-0.1, -0.05) is 0 Å². The van der Waals surface area contributed by atoms with Crippen molar-refractivity contribution < 1.29 is 4.79 Å². The smallest absolute Gasteiger partial charge is 0.241 e. The predicted molar refractivity (Wildman–Crippen MR) is 100 cm³/mol. The molecule has 1 saturated heterocycles.